The molecule has 3 rings (SSSR count). The SMILES string of the molecule is CCOC(=O)[C@@H](O[C@H]1C(O)O[C@H](COC(C)=O)[C@@H](OCc2ccccc2)[C@@H]1OC(C)=O)c1ccccc1. The Morgan fingerprint density at radius 3 is 2.14 bits per heavy atom. The van der Waals surface area contributed by atoms with Crippen molar-refractivity contribution in [3.63, 3.8) is 0 Å². The normalized spacial score (nSPS) is 24.1. The molecule has 0 aromatic heterocycles. The summed E-state index contributed by atoms with van der Waals surface area (Å²) in [5, 5.41) is 10.9. The highest BCUT2D eigenvalue weighted by Gasteiger charge is 2.51. The van der Waals surface area contributed by atoms with Crippen molar-refractivity contribution in [1.82, 2.24) is 0 Å². The zero-order valence-corrected chi connectivity index (χ0v) is 21.0. The Labute approximate surface area is 215 Å². The number of aliphatic hydroxyl groups is 1. The van der Waals surface area contributed by atoms with Gasteiger partial charge in [0.25, 0.3) is 0 Å². The van der Waals surface area contributed by atoms with Crippen molar-refractivity contribution < 1.29 is 47.9 Å². The molecular formula is C27H32O10. The van der Waals surface area contributed by atoms with Crippen LogP contribution >= 0.6 is 0 Å². The molecule has 10 nitrogen and oxygen atoms in total. The van der Waals surface area contributed by atoms with Crippen molar-refractivity contribution in [3.05, 3.63) is 71.8 Å². The van der Waals surface area contributed by atoms with Crippen LogP contribution in [0.4, 0.5) is 0 Å². The molecule has 1 heterocycles. The van der Waals surface area contributed by atoms with E-state index in [1.807, 2.05) is 30.3 Å². The van der Waals surface area contributed by atoms with Crippen molar-refractivity contribution in [3.8, 4) is 0 Å². The van der Waals surface area contributed by atoms with E-state index in [9.17, 15) is 19.5 Å². The van der Waals surface area contributed by atoms with E-state index < -0.39 is 54.7 Å². The fourth-order valence-electron chi connectivity index (χ4n) is 3.94. The Kier molecular flexibility index (Phi) is 10.6. The summed E-state index contributed by atoms with van der Waals surface area (Å²) in [6.07, 6.45) is -7.47. The standard InChI is InChI=1S/C27H32O10/c1-4-32-26(30)22(20-13-9-6-10-14-20)37-25-24(35-18(3)29)23(34-15-19-11-7-5-8-12-19)21(36-27(25)31)16-33-17(2)28/h5-14,21-25,27,31H,4,15-16H2,1-3H3/t21-,22+,23-,24+,25-,27?/m1/s1. The van der Waals surface area contributed by atoms with Crippen LogP contribution in [0.3, 0.4) is 0 Å². The molecule has 1 aliphatic rings. The van der Waals surface area contributed by atoms with Gasteiger partial charge in [-0.15, -0.1) is 0 Å². The smallest absolute Gasteiger partial charge is 0.339 e. The Morgan fingerprint density at radius 1 is 0.892 bits per heavy atom. The molecule has 6 atom stereocenters. The number of benzene rings is 2. The van der Waals surface area contributed by atoms with Crippen molar-refractivity contribution >= 4 is 17.9 Å². The molecule has 37 heavy (non-hydrogen) atoms. The van der Waals surface area contributed by atoms with Crippen molar-refractivity contribution in [2.75, 3.05) is 13.2 Å². The first-order valence-corrected chi connectivity index (χ1v) is 12.0. The summed E-state index contributed by atoms with van der Waals surface area (Å²) in [6.45, 7) is 4.04. The quantitative estimate of drug-likeness (QED) is 0.351. The lowest BCUT2D eigenvalue weighted by Gasteiger charge is -2.44. The minimum absolute atomic E-state index is 0.103. The van der Waals surface area contributed by atoms with E-state index in [0.717, 1.165) is 5.56 Å². The molecule has 1 unspecified atom stereocenters. The number of esters is 3. The van der Waals surface area contributed by atoms with Crippen LogP contribution < -0.4 is 0 Å². The molecule has 0 spiro atoms. The molecule has 2 aromatic rings. The summed E-state index contributed by atoms with van der Waals surface area (Å²) in [5.74, 6) is -1.92. The largest absolute Gasteiger partial charge is 0.464 e. The van der Waals surface area contributed by atoms with E-state index in [1.54, 1.807) is 37.3 Å². The van der Waals surface area contributed by atoms with Crippen LogP contribution in [0.25, 0.3) is 0 Å². The van der Waals surface area contributed by atoms with Crippen LogP contribution in [0, 0.1) is 0 Å². The van der Waals surface area contributed by atoms with E-state index in [4.69, 9.17) is 28.4 Å². The zero-order chi connectivity index (χ0) is 26.8. The molecule has 10 heteroatoms. The zero-order valence-electron chi connectivity index (χ0n) is 21.0. The van der Waals surface area contributed by atoms with E-state index in [-0.39, 0.29) is 19.8 Å². The average Bonchev–Trinajstić information content (AvgIpc) is 2.87. The number of rotatable bonds is 11. The number of carbonyl (C=O) groups is 3. The van der Waals surface area contributed by atoms with Gasteiger partial charge in [-0.3, -0.25) is 9.59 Å². The van der Waals surface area contributed by atoms with Gasteiger partial charge in [0.1, 0.15) is 24.9 Å². The first-order chi connectivity index (χ1) is 17.8. The second kappa shape index (κ2) is 13.8. The maximum Gasteiger partial charge on any atom is 0.339 e. The molecule has 200 valence electrons. The van der Waals surface area contributed by atoms with Crippen molar-refractivity contribution in [1.29, 1.82) is 0 Å². The minimum Gasteiger partial charge on any atom is -0.464 e. The summed E-state index contributed by atoms with van der Waals surface area (Å²) < 4.78 is 33.7. The second-order valence-electron chi connectivity index (χ2n) is 8.35. The van der Waals surface area contributed by atoms with E-state index >= 15 is 0 Å². The Bertz CT molecular complexity index is 1010. The van der Waals surface area contributed by atoms with Crippen LogP contribution in [0.1, 0.15) is 38.0 Å². The van der Waals surface area contributed by atoms with Gasteiger partial charge in [0.2, 0.25) is 0 Å². The van der Waals surface area contributed by atoms with Gasteiger partial charge in [0.15, 0.2) is 18.5 Å². The fourth-order valence-corrected chi connectivity index (χ4v) is 3.94. The predicted molar refractivity (Wildman–Crippen MR) is 129 cm³/mol. The summed E-state index contributed by atoms with van der Waals surface area (Å²) >= 11 is 0. The maximum atomic E-state index is 12.8. The maximum absolute atomic E-state index is 12.8. The minimum atomic E-state index is -1.65. The molecular weight excluding hydrogens is 484 g/mol. The highest BCUT2D eigenvalue weighted by molar-refractivity contribution is 5.76. The molecule has 1 fully saturated rings. The van der Waals surface area contributed by atoms with Crippen molar-refractivity contribution in [2.45, 2.75) is 64.2 Å². The molecule has 0 amide bonds. The van der Waals surface area contributed by atoms with Crippen LogP contribution in [-0.2, 0) is 49.4 Å². The molecule has 0 saturated carbocycles. The van der Waals surface area contributed by atoms with E-state index in [2.05, 4.69) is 0 Å². The Hall–Kier alpha value is -3.31. The molecule has 2 aromatic carbocycles. The number of hydrogen-bond donors (Lipinski definition) is 1. The van der Waals surface area contributed by atoms with Gasteiger partial charge in [-0.2, -0.15) is 0 Å². The van der Waals surface area contributed by atoms with Crippen LogP contribution in [0.5, 0.6) is 0 Å². The van der Waals surface area contributed by atoms with Crippen LogP contribution in [0.15, 0.2) is 60.7 Å². The molecule has 0 radical (unpaired) electrons. The topological polar surface area (TPSA) is 127 Å². The average molecular weight is 517 g/mol. The van der Waals surface area contributed by atoms with E-state index in [0.29, 0.717) is 5.56 Å². The lowest BCUT2D eigenvalue weighted by molar-refractivity contribution is -0.313. The van der Waals surface area contributed by atoms with Gasteiger partial charge in [-0.25, -0.2) is 4.79 Å². The molecule has 1 N–H and O–H groups in total. The Morgan fingerprint density at radius 2 is 1.54 bits per heavy atom. The summed E-state index contributed by atoms with van der Waals surface area (Å²) in [4.78, 5) is 36.4. The molecule has 0 bridgehead atoms. The van der Waals surface area contributed by atoms with Gasteiger partial charge < -0.3 is 33.5 Å². The number of carbonyl (C=O) groups excluding carboxylic acids is 3. The third-order valence-corrected chi connectivity index (χ3v) is 5.54. The first kappa shape index (κ1) is 28.3. The highest BCUT2D eigenvalue weighted by Crippen LogP contribution is 2.32. The second-order valence-corrected chi connectivity index (χ2v) is 8.35. The fraction of sp³-hybridized carbons (Fsp3) is 0.444. The van der Waals surface area contributed by atoms with Gasteiger partial charge in [-0.1, -0.05) is 60.7 Å². The number of aliphatic hydroxyl groups excluding tert-OH is 1. The van der Waals surface area contributed by atoms with Gasteiger partial charge >= 0.3 is 17.9 Å². The summed E-state index contributed by atoms with van der Waals surface area (Å²) in [7, 11) is 0. The first-order valence-electron chi connectivity index (χ1n) is 12.0. The molecule has 1 saturated heterocycles. The lowest BCUT2D eigenvalue weighted by atomic mass is 9.97. The predicted octanol–water partition coefficient (Wildman–Crippen LogP) is 2.47. The van der Waals surface area contributed by atoms with Gasteiger partial charge in [0.05, 0.1) is 13.2 Å². The van der Waals surface area contributed by atoms with E-state index in [1.165, 1.54) is 13.8 Å². The molecule has 1 aliphatic heterocycles. The Balaban J connectivity index is 1.93. The number of hydrogen-bond acceptors (Lipinski definition) is 10. The lowest BCUT2D eigenvalue weighted by Crippen LogP contribution is -2.62. The van der Waals surface area contributed by atoms with Crippen molar-refractivity contribution in [2.24, 2.45) is 0 Å². The summed E-state index contributed by atoms with van der Waals surface area (Å²) in [6, 6.07) is 17.8. The third-order valence-electron chi connectivity index (χ3n) is 5.54. The van der Waals surface area contributed by atoms with Gasteiger partial charge in [0, 0.05) is 13.8 Å². The summed E-state index contributed by atoms with van der Waals surface area (Å²) in [5.41, 5.74) is 1.30. The van der Waals surface area contributed by atoms with Gasteiger partial charge in [-0.05, 0) is 18.1 Å². The van der Waals surface area contributed by atoms with Crippen LogP contribution in [0.2, 0.25) is 0 Å². The van der Waals surface area contributed by atoms with Crippen LogP contribution in [-0.4, -0.2) is 66.9 Å². The monoisotopic (exact) mass is 516 g/mol. The molecule has 0 aliphatic carbocycles. The highest BCUT2D eigenvalue weighted by atomic mass is 16.7. The number of ether oxygens (including phenoxy) is 6. The third kappa shape index (κ3) is 8.09.